The summed E-state index contributed by atoms with van der Waals surface area (Å²) in [6.07, 6.45) is 5.55. The first-order valence-corrected chi connectivity index (χ1v) is 7.36. The van der Waals surface area contributed by atoms with Gasteiger partial charge >= 0.3 is 0 Å². The summed E-state index contributed by atoms with van der Waals surface area (Å²) in [4.78, 5) is 16.5. The van der Waals surface area contributed by atoms with Crippen molar-refractivity contribution in [3.05, 3.63) is 0 Å². The van der Waals surface area contributed by atoms with Crippen molar-refractivity contribution in [1.29, 1.82) is 0 Å². The Morgan fingerprint density at radius 2 is 2.00 bits per heavy atom. The molecule has 0 spiro atoms. The first kappa shape index (κ1) is 15.4. The van der Waals surface area contributed by atoms with Crippen LogP contribution in [0.1, 0.15) is 39.0 Å². The first-order valence-electron chi connectivity index (χ1n) is 7.36. The highest BCUT2D eigenvalue weighted by Gasteiger charge is 2.26. The number of piperidine rings is 1. The highest BCUT2D eigenvalue weighted by molar-refractivity contribution is 5.78. The van der Waals surface area contributed by atoms with E-state index in [0.717, 1.165) is 52.0 Å². The maximum atomic E-state index is 12.2. The van der Waals surface area contributed by atoms with E-state index < -0.39 is 0 Å². The van der Waals surface area contributed by atoms with Gasteiger partial charge in [0.1, 0.15) is 0 Å². The molecule has 4 heteroatoms. The van der Waals surface area contributed by atoms with Crippen LogP contribution in [0.3, 0.4) is 0 Å². The van der Waals surface area contributed by atoms with Gasteiger partial charge in [-0.2, -0.15) is 0 Å². The van der Waals surface area contributed by atoms with E-state index in [4.69, 9.17) is 5.73 Å². The summed E-state index contributed by atoms with van der Waals surface area (Å²) in [5.41, 5.74) is 5.55. The van der Waals surface area contributed by atoms with Crippen molar-refractivity contribution in [2.75, 3.05) is 39.8 Å². The van der Waals surface area contributed by atoms with E-state index in [1.165, 1.54) is 12.8 Å². The van der Waals surface area contributed by atoms with Crippen LogP contribution in [-0.4, -0.2) is 55.5 Å². The predicted molar refractivity (Wildman–Crippen MR) is 75.4 cm³/mol. The van der Waals surface area contributed by atoms with Crippen LogP contribution in [0.2, 0.25) is 0 Å². The van der Waals surface area contributed by atoms with Gasteiger partial charge < -0.3 is 15.5 Å². The second kappa shape index (κ2) is 8.48. The van der Waals surface area contributed by atoms with Gasteiger partial charge in [-0.15, -0.1) is 0 Å². The van der Waals surface area contributed by atoms with Gasteiger partial charge in [0.25, 0.3) is 0 Å². The van der Waals surface area contributed by atoms with Crippen molar-refractivity contribution < 1.29 is 4.79 Å². The van der Waals surface area contributed by atoms with Gasteiger partial charge in [-0.1, -0.05) is 19.8 Å². The number of nitrogens with zero attached hydrogens (tertiary/aromatic N) is 2. The predicted octanol–water partition coefficient (Wildman–Crippen LogP) is 1.31. The summed E-state index contributed by atoms with van der Waals surface area (Å²) in [5.74, 6) is 0.587. The lowest BCUT2D eigenvalue weighted by Gasteiger charge is -2.32. The second-order valence-electron chi connectivity index (χ2n) is 5.37. The van der Waals surface area contributed by atoms with E-state index in [1.54, 1.807) is 0 Å². The van der Waals surface area contributed by atoms with E-state index in [0.29, 0.717) is 5.91 Å². The Labute approximate surface area is 111 Å². The van der Waals surface area contributed by atoms with Crippen molar-refractivity contribution in [2.45, 2.75) is 39.0 Å². The van der Waals surface area contributed by atoms with E-state index in [1.807, 2.05) is 11.9 Å². The quantitative estimate of drug-likeness (QED) is 0.698. The van der Waals surface area contributed by atoms with Crippen molar-refractivity contribution in [2.24, 2.45) is 11.7 Å². The van der Waals surface area contributed by atoms with Gasteiger partial charge in [-0.05, 0) is 32.4 Å². The molecule has 0 bridgehead atoms. The molecule has 0 aliphatic carbocycles. The molecule has 2 N–H and O–H groups in total. The number of hydrogen-bond acceptors (Lipinski definition) is 3. The summed E-state index contributed by atoms with van der Waals surface area (Å²) in [6.45, 7) is 6.83. The molecule has 0 aromatic rings. The molecule has 1 fully saturated rings. The van der Waals surface area contributed by atoms with Crippen molar-refractivity contribution in [3.8, 4) is 0 Å². The molecule has 1 aliphatic rings. The molecule has 4 nitrogen and oxygen atoms in total. The highest BCUT2D eigenvalue weighted by Crippen LogP contribution is 2.19. The van der Waals surface area contributed by atoms with E-state index >= 15 is 0 Å². The number of carbonyl (C=O) groups is 1. The smallest absolute Gasteiger partial charge is 0.225 e. The summed E-state index contributed by atoms with van der Waals surface area (Å²) in [6, 6.07) is 0. The number of nitrogens with two attached hydrogens (primary N) is 1. The molecule has 106 valence electrons. The summed E-state index contributed by atoms with van der Waals surface area (Å²) < 4.78 is 0. The lowest BCUT2D eigenvalue weighted by Crippen LogP contribution is -2.42. The number of carbonyl (C=O) groups excluding carboxylic acids is 1. The monoisotopic (exact) mass is 255 g/mol. The minimum Gasteiger partial charge on any atom is -0.346 e. The average Bonchev–Trinajstić information content (AvgIpc) is 2.39. The van der Waals surface area contributed by atoms with Gasteiger partial charge in [0.05, 0.1) is 0 Å². The van der Waals surface area contributed by atoms with Gasteiger partial charge in [-0.25, -0.2) is 0 Å². The van der Waals surface area contributed by atoms with Crippen LogP contribution < -0.4 is 5.73 Å². The number of rotatable bonds is 7. The third kappa shape index (κ3) is 4.94. The second-order valence-corrected chi connectivity index (χ2v) is 5.37. The minimum atomic E-state index is 0.241. The van der Waals surface area contributed by atoms with Crippen LogP contribution in [-0.2, 0) is 4.79 Å². The molecule has 0 aromatic heterocycles. The molecule has 0 radical (unpaired) electrons. The Morgan fingerprint density at radius 1 is 1.33 bits per heavy atom. The molecule has 1 rings (SSSR count). The van der Waals surface area contributed by atoms with Crippen LogP contribution in [0.4, 0.5) is 0 Å². The van der Waals surface area contributed by atoms with Crippen LogP contribution >= 0.6 is 0 Å². The van der Waals surface area contributed by atoms with Gasteiger partial charge in [0.15, 0.2) is 0 Å². The van der Waals surface area contributed by atoms with Crippen molar-refractivity contribution >= 4 is 5.91 Å². The molecule has 1 saturated heterocycles. The standard InChI is InChI=1S/C14H29N3O/c1-3-4-5-9-16(2)14(18)13-6-10-17(11-7-13)12-8-15/h13H,3-12,15H2,1-2H3. The maximum Gasteiger partial charge on any atom is 0.225 e. The molecular weight excluding hydrogens is 226 g/mol. The molecule has 0 unspecified atom stereocenters. The van der Waals surface area contributed by atoms with Crippen molar-refractivity contribution in [1.82, 2.24) is 9.80 Å². The molecule has 0 atom stereocenters. The third-order valence-electron chi connectivity index (χ3n) is 3.86. The SMILES string of the molecule is CCCCCN(C)C(=O)C1CCN(CCN)CC1. The normalized spacial score (nSPS) is 17.9. The van der Waals surface area contributed by atoms with Gasteiger partial charge in [0, 0.05) is 32.6 Å². The fourth-order valence-corrected chi connectivity index (χ4v) is 2.61. The Morgan fingerprint density at radius 3 is 2.56 bits per heavy atom. The Hall–Kier alpha value is -0.610. The first-order chi connectivity index (χ1) is 8.69. The Bertz CT molecular complexity index is 237. The molecule has 1 aliphatic heterocycles. The molecule has 1 amide bonds. The molecule has 1 heterocycles. The van der Waals surface area contributed by atoms with Crippen LogP contribution in [0.5, 0.6) is 0 Å². The van der Waals surface area contributed by atoms with E-state index in [2.05, 4.69) is 11.8 Å². The summed E-state index contributed by atoms with van der Waals surface area (Å²) >= 11 is 0. The summed E-state index contributed by atoms with van der Waals surface area (Å²) in [5, 5.41) is 0. The fourth-order valence-electron chi connectivity index (χ4n) is 2.61. The Balaban J connectivity index is 2.26. The number of hydrogen-bond donors (Lipinski definition) is 1. The molecule has 0 saturated carbocycles. The van der Waals surface area contributed by atoms with E-state index in [9.17, 15) is 4.79 Å². The van der Waals surface area contributed by atoms with Crippen LogP contribution in [0, 0.1) is 5.92 Å². The van der Waals surface area contributed by atoms with E-state index in [-0.39, 0.29) is 5.92 Å². The number of unbranched alkanes of at least 4 members (excludes halogenated alkanes) is 2. The zero-order valence-corrected chi connectivity index (χ0v) is 12.0. The zero-order valence-electron chi connectivity index (χ0n) is 12.0. The molecule has 0 aromatic carbocycles. The fraction of sp³-hybridized carbons (Fsp3) is 0.929. The lowest BCUT2D eigenvalue weighted by atomic mass is 9.95. The number of likely N-dealkylation sites (tertiary alicyclic amines) is 1. The highest BCUT2D eigenvalue weighted by atomic mass is 16.2. The van der Waals surface area contributed by atoms with Crippen molar-refractivity contribution in [3.63, 3.8) is 0 Å². The van der Waals surface area contributed by atoms with Crippen LogP contribution in [0.25, 0.3) is 0 Å². The third-order valence-corrected chi connectivity index (χ3v) is 3.86. The topological polar surface area (TPSA) is 49.6 Å². The number of amides is 1. The zero-order chi connectivity index (χ0) is 13.4. The maximum absolute atomic E-state index is 12.2. The Kier molecular flexibility index (Phi) is 7.28. The average molecular weight is 255 g/mol. The van der Waals surface area contributed by atoms with Gasteiger partial charge in [-0.3, -0.25) is 4.79 Å². The molecule has 18 heavy (non-hydrogen) atoms. The lowest BCUT2D eigenvalue weighted by molar-refractivity contribution is -0.135. The largest absolute Gasteiger partial charge is 0.346 e. The summed E-state index contributed by atoms with van der Waals surface area (Å²) in [7, 11) is 1.95. The minimum absolute atomic E-state index is 0.241. The van der Waals surface area contributed by atoms with Crippen LogP contribution in [0.15, 0.2) is 0 Å². The van der Waals surface area contributed by atoms with Gasteiger partial charge in [0.2, 0.25) is 5.91 Å². The molecular formula is C14H29N3O.